The molecule has 0 saturated heterocycles. The summed E-state index contributed by atoms with van der Waals surface area (Å²) in [5, 5.41) is 3.66. The molecule has 326 valence electrons. The zero-order valence-corrected chi connectivity index (χ0v) is 37.3. The Morgan fingerprint density at radius 2 is 0.769 bits per heavy atom. The Morgan fingerprint density at radius 3 is 1.15 bits per heavy atom. The molecule has 6 bridgehead atoms. The number of benzene rings is 4. The van der Waals surface area contributed by atoms with E-state index in [9.17, 15) is 0 Å². The average Bonchev–Trinajstić information content (AvgIpc) is 4.07. The third-order valence-electron chi connectivity index (χ3n) is 14.2. The van der Waals surface area contributed by atoms with Gasteiger partial charge in [-0.3, -0.25) is 8.47 Å². The van der Waals surface area contributed by atoms with Gasteiger partial charge in [0.1, 0.15) is 22.6 Å². The van der Waals surface area contributed by atoms with Gasteiger partial charge in [-0.1, -0.05) is 110 Å². The van der Waals surface area contributed by atoms with Gasteiger partial charge in [0.05, 0.1) is 25.7 Å². The molecule has 6 heterocycles. The summed E-state index contributed by atoms with van der Waals surface area (Å²) in [7, 11) is -4.21. The number of hydrogen-bond donors (Lipinski definition) is 0. The predicted octanol–water partition coefficient (Wildman–Crippen LogP) is 9.34. The van der Waals surface area contributed by atoms with Crippen molar-refractivity contribution in [1.29, 1.82) is 0 Å². The fraction of sp³-hybridized carbons (Fsp3) is 0.308. The Kier molecular flexibility index (Phi) is 10.1. The van der Waals surface area contributed by atoms with Crippen molar-refractivity contribution in [3.05, 3.63) is 156 Å². The normalized spacial score (nSPS) is 26.4. The summed E-state index contributed by atoms with van der Waals surface area (Å²) in [6.07, 6.45) is 11.3. The number of fused-ring (bicyclic) bond motifs is 14. The first kappa shape index (κ1) is 40.0. The standard InChI is InChI=1S/C52H50N8O4Si/c1-3-61-29-33-21-25-35(26-22-33)31-63-65(64-32-36-27-23-34(24-28-36)30-62-4-2)59-49-41-17-9-10-18-42(41)51(59)57-47-39-15-7-8-16-40(39)48(54-47)58-52-44-20-12-11-19-43(44)50(60(52)65)56-46-38-14-6-5-13-37(38)45(53-46)55-49/h3-20,33-36H,1-2,21-32H2/b55-45-,55-49?,56-46?,56-50-,57-47-,57-51?,58-48?,58-52-. The smallest absolute Gasteiger partial charge is 0.502 e. The summed E-state index contributed by atoms with van der Waals surface area (Å²) in [5.74, 6) is 5.19. The van der Waals surface area contributed by atoms with Crippen molar-refractivity contribution in [3.8, 4) is 0 Å². The van der Waals surface area contributed by atoms with Gasteiger partial charge in [0.25, 0.3) is 0 Å². The minimum Gasteiger partial charge on any atom is -0.502 e. The van der Waals surface area contributed by atoms with Gasteiger partial charge in [0, 0.05) is 57.0 Å². The van der Waals surface area contributed by atoms with Gasteiger partial charge in [0.15, 0.2) is 23.3 Å². The van der Waals surface area contributed by atoms with Crippen LogP contribution in [0.15, 0.2) is 153 Å². The molecule has 4 aromatic carbocycles. The zero-order valence-electron chi connectivity index (χ0n) is 36.3. The SMILES string of the molecule is C=COCC1CCC(CO[Si]2(OCC3CCC(COC=C)CC3)n3c4c5ccccc5c3/N=C3N=C(/N=c5/c6ccccc6/c(n52)=N/C2=NC(=N\4)/c4ccccc42)c2ccccc2\3)CC1. The highest BCUT2D eigenvalue weighted by Crippen LogP contribution is 2.44. The summed E-state index contributed by atoms with van der Waals surface area (Å²) in [6.45, 7) is 9.87. The highest BCUT2D eigenvalue weighted by atomic mass is 28.4. The topological polar surface area (TPSA) is 121 Å². The van der Waals surface area contributed by atoms with Gasteiger partial charge in [0.2, 0.25) is 0 Å². The lowest BCUT2D eigenvalue weighted by atomic mass is 9.83. The molecule has 4 aliphatic heterocycles. The summed E-state index contributed by atoms with van der Waals surface area (Å²) in [4.78, 5) is 32.9. The van der Waals surface area contributed by atoms with Crippen molar-refractivity contribution >= 4 is 65.4 Å². The molecule has 12 nitrogen and oxygen atoms in total. The molecule has 13 heteroatoms. The number of aromatic nitrogens is 2. The maximum atomic E-state index is 7.95. The maximum absolute atomic E-state index is 7.95. The van der Waals surface area contributed by atoms with Crippen LogP contribution in [-0.2, 0) is 18.3 Å². The van der Waals surface area contributed by atoms with Crippen molar-refractivity contribution in [2.45, 2.75) is 51.4 Å². The van der Waals surface area contributed by atoms with E-state index >= 15 is 0 Å². The quantitative estimate of drug-likeness (QED) is 0.0899. The molecule has 12 rings (SSSR count). The molecule has 0 unspecified atom stereocenters. The summed E-state index contributed by atoms with van der Waals surface area (Å²) in [6, 6.07) is 33.2. The first-order valence-corrected chi connectivity index (χ1v) is 24.8. The molecule has 6 aliphatic rings. The van der Waals surface area contributed by atoms with Crippen LogP contribution >= 0.6 is 0 Å². The molecule has 6 aromatic rings. The first-order chi connectivity index (χ1) is 32.1. The number of nitrogens with zero attached hydrogens (tertiary/aromatic N) is 8. The number of ether oxygens (including phenoxy) is 2. The Bertz CT molecular complexity index is 2960. The molecule has 0 amide bonds. The molecule has 2 aliphatic carbocycles. The lowest BCUT2D eigenvalue weighted by Gasteiger charge is -2.37. The highest BCUT2D eigenvalue weighted by molar-refractivity contribution is 6.66. The second kappa shape index (κ2) is 16.5. The predicted molar refractivity (Wildman–Crippen MR) is 256 cm³/mol. The van der Waals surface area contributed by atoms with Crippen LogP contribution in [0.3, 0.4) is 0 Å². The lowest BCUT2D eigenvalue weighted by molar-refractivity contribution is 0.0732. The Balaban J connectivity index is 1.17. The van der Waals surface area contributed by atoms with E-state index in [0.717, 1.165) is 95.2 Å². The van der Waals surface area contributed by atoms with Crippen LogP contribution in [0, 0.1) is 23.7 Å². The van der Waals surface area contributed by atoms with Crippen molar-refractivity contribution in [2.75, 3.05) is 26.4 Å². The van der Waals surface area contributed by atoms with Crippen molar-refractivity contribution in [3.63, 3.8) is 0 Å². The van der Waals surface area contributed by atoms with E-state index in [2.05, 4.69) is 94.4 Å². The van der Waals surface area contributed by atoms with Gasteiger partial charge in [-0.25, -0.2) is 30.0 Å². The van der Waals surface area contributed by atoms with Crippen LogP contribution in [0.4, 0.5) is 11.6 Å². The van der Waals surface area contributed by atoms with E-state index in [4.69, 9.17) is 48.3 Å². The average molecular weight is 879 g/mol. The van der Waals surface area contributed by atoms with Gasteiger partial charge in [-0.15, -0.1) is 0 Å². The third-order valence-corrected chi connectivity index (χ3v) is 17.2. The van der Waals surface area contributed by atoms with Crippen molar-refractivity contribution in [2.24, 2.45) is 53.6 Å². The molecular formula is C52H50N8O4Si. The number of aliphatic imine (C=N–C) groups is 4. The monoisotopic (exact) mass is 878 g/mol. The Labute approximate surface area is 378 Å². The summed E-state index contributed by atoms with van der Waals surface area (Å²) >= 11 is 0. The Hall–Kier alpha value is -6.54. The van der Waals surface area contributed by atoms with Gasteiger partial charge in [-0.05, 0) is 75.0 Å². The fourth-order valence-electron chi connectivity index (χ4n) is 10.7. The number of hydrogen-bond acceptors (Lipinski definition) is 10. The van der Waals surface area contributed by atoms with Crippen LogP contribution in [-0.4, -0.2) is 67.1 Å². The second-order valence-electron chi connectivity index (χ2n) is 18.1. The van der Waals surface area contributed by atoms with Crippen molar-refractivity contribution < 1.29 is 18.3 Å². The minimum absolute atomic E-state index is 0.279. The minimum atomic E-state index is -4.21. The molecular weight excluding hydrogens is 829 g/mol. The molecule has 2 saturated carbocycles. The fourth-order valence-corrected chi connectivity index (χ4v) is 14.2. The van der Waals surface area contributed by atoms with E-state index in [-0.39, 0.29) is 11.8 Å². The van der Waals surface area contributed by atoms with Gasteiger partial charge >= 0.3 is 8.88 Å². The second-order valence-corrected chi connectivity index (χ2v) is 20.6. The van der Waals surface area contributed by atoms with Crippen LogP contribution < -0.4 is 11.0 Å². The summed E-state index contributed by atoms with van der Waals surface area (Å²) < 4.78 is 31.7. The highest BCUT2D eigenvalue weighted by Gasteiger charge is 2.54. The van der Waals surface area contributed by atoms with Crippen LogP contribution in [0.2, 0.25) is 0 Å². The van der Waals surface area contributed by atoms with E-state index in [1.807, 2.05) is 24.3 Å². The molecule has 0 spiro atoms. The number of amidine groups is 4. The molecule has 2 fully saturated rings. The summed E-state index contributed by atoms with van der Waals surface area (Å²) in [5.41, 5.74) is 5.00. The van der Waals surface area contributed by atoms with Crippen LogP contribution in [0.1, 0.15) is 73.6 Å². The Morgan fingerprint density at radius 1 is 0.431 bits per heavy atom. The van der Waals surface area contributed by atoms with E-state index < -0.39 is 8.88 Å². The van der Waals surface area contributed by atoms with Crippen LogP contribution in [0.5, 0.6) is 0 Å². The molecule has 2 aromatic heterocycles. The van der Waals surface area contributed by atoms with E-state index in [0.29, 0.717) is 84.2 Å². The first-order valence-electron chi connectivity index (χ1n) is 23.1. The molecule has 0 radical (unpaired) electrons. The zero-order chi connectivity index (χ0) is 43.5. The van der Waals surface area contributed by atoms with Crippen molar-refractivity contribution in [1.82, 2.24) is 8.47 Å². The molecule has 65 heavy (non-hydrogen) atoms. The molecule has 0 N–H and O–H groups in total. The van der Waals surface area contributed by atoms with E-state index in [1.165, 1.54) is 0 Å². The van der Waals surface area contributed by atoms with E-state index in [1.54, 1.807) is 12.5 Å². The maximum Gasteiger partial charge on any atom is 0.603 e. The van der Waals surface area contributed by atoms with Gasteiger partial charge < -0.3 is 18.3 Å². The van der Waals surface area contributed by atoms with Crippen LogP contribution in [0.25, 0.3) is 21.5 Å². The largest absolute Gasteiger partial charge is 0.603 e. The number of rotatable bonds is 12. The van der Waals surface area contributed by atoms with Gasteiger partial charge in [-0.2, -0.15) is 0 Å². The third kappa shape index (κ3) is 6.78. The lowest BCUT2D eigenvalue weighted by Crippen LogP contribution is -2.64. The molecule has 0 atom stereocenters.